The molecule has 0 radical (unpaired) electrons. The third-order valence-corrected chi connectivity index (χ3v) is 5.94. The van der Waals surface area contributed by atoms with Gasteiger partial charge in [0.05, 0.1) is 6.42 Å². The Labute approximate surface area is 154 Å². The van der Waals surface area contributed by atoms with E-state index in [9.17, 15) is 9.18 Å². The Morgan fingerprint density at radius 2 is 1.85 bits per heavy atom. The molecule has 1 amide bonds. The van der Waals surface area contributed by atoms with Crippen LogP contribution in [0.15, 0.2) is 54.6 Å². The summed E-state index contributed by atoms with van der Waals surface area (Å²) in [7, 11) is 2.15. The molecule has 2 heterocycles. The molecule has 0 saturated carbocycles. The molecule has 0 aromatic heterocycles. The van der Waals surface area contributed by atoms with Gasteiger partial charge in [0.15, 0.2) is 0 Å². The van der Waals surface area contributed by atoms with E-state index in [1.807, 2.05) is 42.5 Å². The summed E-state index contributed by atoms with van der Waals surface area (Å²) in [6, 6.07) is 17.3. The highest BCUT2D eigenvalue weighted by atomic mass is 19.1. The molecule has 4 heteroatoms. The zero-order valence-electron chi connectivity index (χ0n) is 15.1. The molecule has 136 valence electrons. The van der Waals surface area contributed by atoms with Gasteiger partial charge in [0.1, 0.15) is 5.82 Å². The van der Waals surface area contributed by atoms with Gasteiger partial charge in [-0.15, -0.1) is 0 Å². The van der Waals surface area contributed by atoms with Crippen molar-refractivity contribution in [1.29, 1.82) is 0 Å². The third-order valence-electron chi connectivity index (χ3n) is 5.94. The number of nitrogens with zero attached hydrogens (tertiary/aromatic N) is 2. The molecule has 4 rings (SSSR count). The summed E-state index contributed by atoms with van der Waals surface area (Å²) >= 11 is 0. The van der Waals surface area contributed by atoms with Gasteiger partial charge in [0.25, 0.3) is 0 Å². The summed E-state index contributed by atoms with van der Waals surface area (Å²) in [5.74, 6) is 0.231. The van der Waals surface area contributed by atoms with E-state index in [1.54, 1.807) is 0 Å². The number of halogens is 1. The van der Waals surface area contributed by atoms with Gasteiger partial charge in [0.2, 0.25) is 5.91 Å². The van der Waals surface area contributed by atoms with Crippen molar-refractivity contribution in [2.75, 3.05) is 20.1 Å². The smallest absolute Gasteiger partial charge is 0.227 e. The van der Waals surface area contributed by atoms with Crippen molar-refractivity contribution < 1.29 is 9.18 Å². The van der Waals surface area contributed by atoms with Gasteiger partial charge in [0, 0.05) is 24.5 Å². The van der Waals surface area contributed by atoms with E-state index in [0.29, 0.717) is 12.5 Å². The molecule has 2 saturated heterocycles. The fourth-order valence-corrected chi connectivity index (χ4v) is 4.71. The Hall–Kier alpha value is -2.20. The van der Waals surface area contributed by atoms with Gasteiger partial charge in [-0.25, -0.2) is 4.39 Å². The van der Waals surface area contributed by atoms with Gasteiger partial charge in [-0.3, -0.25) is 4.79 Å². The number of carbonyl (C=O) groups is 1. The predicted molar refractivity (Wildman–Crippen MR) is 100 cm³/mol. The van der Waals surface area contributed by atoms with Gasteiger partial charge in [-0.2, -0.15) is 0 Å². The van der Waals surface area contributed by atoms with E-state index in [4.69, 9.17) is 0 Å². The lowest BCUT2D eigenvalue weighted by Crippen LogP contribution is -2.50. The molecule has 0 N–H and O–H groups in total. The second kappa shape index (κ2) is 7.20. The van der Waals surface area contributed by atoms with Crippen LogP contribution in [0.3, 0.4) is 0 Å². The molecule has 0 bridgehead atoms. The first kappa shape index (κ1) is 17.2. The van der Waals surface area contributed by atoms with Crippen molar-refractivity contribution in [3.8, 4) is 0 Å². The van der Waals surface area contributed by atoms with Crippen LogP contribution in [0.2, 0.25) is 0 Å². The maximum Gasteiger partial charge on any atom is 0.227 e. The maximum absolute atomic E-state index is 13.4. The quantitative estimate of drug-likeness (QED) is 0.845. The molecular formula is C22H25FN2O. The van der Waals surface area contributed by atoms with Crippen LogP contribution in [0.4, 0.5) is 4.39 Å². The molecule has 2 aliphatic rings. The summed E-state index contributed by atoms with van der Waals surface area (Å²) in [5, 5.41) is 0. The second-order valence-corrected chi connectivity index (χ2v) is 7.55. The van der Waals surface area contributed by atoms with Crippen LogP contribution in [-0.2, 0) is 11.2 Å². The van der Waals surface area contributed by atoms with Gasteiger partial charge in [-0.1, -0.05) is 42.5 Å². The van der Waals surface area contributed by atoms with Crippen LogP contribution in [0, 0.1) is 5.82 Å². The van der Waals surface area contributed by atoms with Crippen molar-refractivity contribution in [3.05, 3.63) is 71.5 Å². The molecule has 2 fully saturated rings. The molecule has 2 aromatic carbocycles. The van der Waals surface area contributed by atoms with Gasteiger partial charge in [-0.05, 0) is 49.7 Å². The van der Waals surface area contributed by atoms with E-state index in [2.05, 4.69) is 16.8 Å². The van der Waals surface area contributed by atoms with Crippen LogP contribution in [0.5, 0.6) is 0 Å². The number of hydrogen-bond acceptors (Lipinski definition) is 2. The first-order chi connectivity index (χ1) is 12.6. The zero-order valence-corrected chi connectivity index (χ0v) is 15.1. The summed E-state index contributed by atoms with van der Waals surface area (Å²) in [6.07, 6.45) is 2.61. The van der Waals surface area contributed by atoms with Crippen molar-refractivity contribution >= 4 is 5.91 Å². The zero-order chi connectivity index (χ0) is 18.1. The third kappa shape index (κ3) is 3.26. The number of piperidine rings is 1. The lowest BCUT2D eigenvalue weighted by Gasteiger charge is -2.39. The van der Waals surface area contributed by atoms with E-state index in [0.717, 1.165) is 37.1 Å². The van der Waals surface area contributed by atoms with Crippen LogP contribution < -0.4 is 0 Å². The highest BCUT2D eigenvalue weighted by molar-refractivity contribution is 5.79. The van der Waals surface area contributed by atoms with E-state index in [-0.39, 0.29) is 23.7 Å². The number of benzene rings is 2. The van der Waals surface area contributed by atoms with Gasteiger partial charge < -0.3 is 9.80 Å². The van der Waals surface area contributed by atoms with E-state index in [1.165, 1.54) is 12.1 Å². The minimum Gasteiger partial charge on any atom is -0.337 e. The Kier molecular flexibility index (Phi) is 4.77. The SMILES string of the molecule is CN1CCC[C@@H]2[C@H]1[C@@H](c1ccc(F)cc1)CN2C(=O)Cc1ccccc1. The molecule has 2 aromatic rings. The molecule has 3 atom stereocenters. The number of likely N-dealkylation sites (tertiary alicyclic amines) is 2. The topological polar surface area (TPSA) is 23.6 Å². The largest absolute Gasteiger partial charge is 0.337 e. The molecule has 0 spiro atoms. The molecule has 2 aliphatic heterocycles. The fraction of sp³-hybridized carbons (Fsp3) is 0.409. The molecule has 3 nitrogen and oxygen atoms in total. The minimum absolute atomic E-state index is 0.200. The fourth-order valence-electron chi connectivity index (χ4n) is 4.71. The Morgan fingerprint density at radius 1 is 1.12 bits per heavy atom. The summed E-state index contributed by atoms with van der Waals surface area (Å²) < 4.78 is 13.4. The van der Waals surface area contributed by atoms with Crippen molar-refractivity contribution in [2.45, 2.75) is 37.3 Å². The maximum atomic E-state index is 13.4. The number of fused-ring (bicyclic) bond motifs is 1. The standard InChI is InChI=1S/C22H25FN2O/c1-24-13-5-8-20-22(24)19(17-9-11-18(23)12-10-17)15-25(20)21(26)14-16-6-3-2-4-7-16/h2-4,6-7,9-12,19-20,22H,5,8,13-15H2,1H3/t19-,20-,22-/m1/s1. The number of rotatable bonds is 3. The van der Waals surface area contributed by atoms with Crippen molar-refractivity contribution in [1.82, 2.24) is 9.80 Å². The number of carbonyl (C=O) groups excluding carboxylic acids is 1. The molecular weight excluding hydrogens is 327 g/mol. The average Bonchev–Trinajstić information content (AvgIpc) is 3.04. The molecule has 0 aliphatic carbocycles. The first-order valence-electron chi connectivity index (χ1n) is 9.42. The van der Waals surface area contributed by atoms with Crippen molar-refractivity contribution in [3.63, 3.8) is 0 Å². The lowest BCUT2D eigenvalue weighted by atomic mass is 9.86. The van der Waals surface area contributed by atoms with E-state index < -0.39 is 0 Å². The average molecular weight is 352 g/mol. The Balaban J connectivity index is 1.59. The monoisotopic (exact) mass is 352 g/mol. The van der Waals surface area contributed by atoms with Crippen LogP contribution >= 0.6 is 0 Å². The normalized spacial score (nSPS) is 25.9. The van der Waals surface area contributed by atoms with Crippen LogP contribution in [0.25, 0.3) is 0 Å². The molecule has 0 unspecified atom stereocenters. The minimum atomic E-state index is -0.211. The number of amides is 1. The highest BCUT2D eigenvalue weighted by Crippen LogP contribution is 2.39. The summed E-state index contributed by atoms with van der Waals surface area (Å²) in [5.41, 5.74) is 2.19. The number of hydrogen-bond donors (Lipinski definition) is 0. The number of likely N-dealkylation sites (N-methyl/N-ethyl adjacent to an activating group) is 1. The summed E-state index contributed by atoms with van der Waals surface area (Å²) in [6.45, 7) is 1.77. The second-order valence-electron chi connectivity index (χ2n) is 7.55. The first-order valence-corrected chi connectivity index (χ1v) is 9.42. The van der Waals surface area contributed by atoms with Gasteiger partial charge >= 0.3 is 0 Å². The van der Waals surface area contributed by atoms with Crippen LogP contribution in [-0.4, -0.2) is 47.9 Å². The highest BCUT2D eigenvalue weighted by Gasteiger charge is 2.47. The van der Waals surface area contributed by atoms with Crippen LogP contribution in [0.1, 0.15) is 29.9 Å². The lowest BCUT2D eigenvalue weighted by molar-refractivity contribution is -0.132. The Morgan fingerprint density at radius 3 is 2.58 bits per heavy atom. The Bertz CT molecular complexity index is 761. The van der Waals surface area contributed by atoms with E-state index >= 15 is 0 Å². The summed E-state index contributed by atoms with van der Waals surface area (Å²) in [4.78, 5) is 17.5. The molecule has 26 heavy (non-hydrogen) atoms. The van der Waals surface area contributed by atoms with Crippen molar-refractivity contribution in [2.24, 2.45) is 0 Å². The predicted octanol–water partition coefficient (Wildman–Crippen LogP) is 3.46.